The Labute approximate surface area is 123 Å². The Morgan fingerprint density at radius 2 is 2.00 bits per heavy atom. The lowest BCUT2D eigenvalue weighted by molar-refractivity contribution is 0.104. The number of nitrogens with zero attached hydrogens (tertiary/aromatic N) is 1. The fourth-order valence-electron chi connectivity index (χ4n) is 2.28. The Hall–Kier alpha value is -2.86. The van der Waals surface area contributed by atoms with Gasteiger partial charge < -0.3 is 4.74 Å². The molecular formula is C18H13NO2. The van der Waals surface area contributed by atoms with E-state index in [1.54, 1.807) is 30.4 Å². The molecule has 0 atom stereocenters. The van der Waals surface area contributed by atoms with Crippen LogP contribution >= 0.6 is 0 Å². The van der Waals surface area contributed by atoms with Gasteiger partial charge >= 0.3 is 0 Å². The summed E-state index contributed by atoms with van der Waals surface area (Å²) in [6, 6.07) is 14.7. The van der Waals surface area contributed by atoms with Crippen LogP contribution in [0.25, 0.3) is 6.08 Å². The molecule has 102 valence electrons. The molecule has 0 aliphatic carbocycles. The van der Waals surface area contributed by atoms with Crippen molar-refractivity contribution in [2.24, 2.45) is 0 Å². The monoisotopic (exact) mass is 275 g/mol. The summed E-state index contributed by atoms with van der Waals surface area (Å²) < 4.78 is 5.43. The van der Waals surface area contributed by atoms with Gasteiger partial charge in [-0.2, -0.15) is 5.26 Å². The van der Waals surface area contributed by atoms with Gasteiger partial charge in [0.2, 0.25) is 0 Å². The minimum absolute atomic E-state index is 0.0333. The summed E-state index contributed by atoms with van der Waals surface area (Å²) in [6.45, 7) is 0.689. The fraction of sp³-hybridized carbons (Fsp3) is 0.111. The molecule has 0 bridgehead atoms. The minimum Gasteiger partial charge on any atom is -0.493 e. The van der Waals surface area contributed by atoms with Crippen molar-refractivity contribution in [1.82, 2.24) is 0 Å². The Kier molecular flexibility index (Phi) is 3.53. The van der Waals surface area contributed by atoms with Crippen LogP contribution in [0.2, 0.25) is 0 Å². The molecule has 0 N–H and O–H groups in total. The Balaban J connectivity index is 1.76. The molecule has 21 heavy (non-hydrogen) atoms. The predicted octanol–water partition coefficient (Wildman–Crippen LogP) is 3.39. The third kappa shape index (κ3) is 2.85. The Morgan fingerprint density at radius 3 is 2.76 bits per heavy atom. The third-order valence-electron chi connectivity index (χ3n) is 3.44. The highest BCUT2D eigenvalue weighted by Gasteiger charge is 2.13. The molecule has 2 aromatic carbocycles. The van der Waals surface area contributed by atoms with Gasteiger partial charge in [0, 0.05) is 12.0 Å². The number of fused-ring (bicyclic) bond motifs is 1. The number of carbonyl (C=O) groups excluding carboxylic acids is 1. The Morgan fingerprint density at radius 1 is 1.19 bits per heavy atom. The quantitative estimate of drug-likeness (QED) is 0.637. The summed E-state index contributed by atoms with van der Waals surface area (Å²) in [5.41, 5.74) is 3.26. The summed E-state index contributed by atoms with van der Waals surface area (Å²) in [5.74, 6) is 0.844. The third-order valence-corrected chi connectivity index (χ3v) is 3.44. The van der Waals surface area contributed by atoms with E-state index in [2.05, 4.69) is 6.07 Å². The lowest BCUT2D eigenvalue weighted by Gasteiger charge is -2.01. The number of nitriles is 1. The zero-order valence-electron chi connectivity index (χ0n) is 11.4. The van der Waals surface area contributed by atoms with Gasteiger partial charge in [0.1, 0.15) is 5.75 Å². The van der Waals surface area contributed by atoms with E-state index in [1.165, 1.54) is 0 Å². The van der Waals surface area contributed by atoms with E-state index in [9.17, 15) is 4.79 Å². The second-order valence-corrected chi connectivity index (χ2v) is 4.85. The number of carbonyl (C=O) groups is 1. The van der Waals surface area contributed by atoms with Gasteiger partial charge in [0.25, 0.3) is 0 Å². The standard InChI is InChI=1S/C18H13NO2/c19-12-14-3-1-13(2-4-14)5-7-17(20)15-6-8-18-16(11-15)9-10-21-18/h1-8,11H,9-10H2/b7-5+. The van der Waals surface area contributed by atoms with Crippen LogP contribution < -0.4 is 4.74 Å². The molecule has 3 nitrogen and oxygen atoms in total. The summed E-state index contributed by atoms with van der Waals surface area (Å²) >= 11 is 0. The average molecular weight is 275 g/mol. The van der Waals surface area contributed by atoms with Crippen molar-refractivity contribution in [1.29, 1.82) is 5.26 Å². The lowest BCUT2D eigenvalue weighted by Crippen LogP contribution is -1.94. The molecule has 0 amide bonds. The second-order valence-electron chi connectivity index (χ2n) is 4.85. The predicted molar refractivity (Wildman–Crippen MR) is 80.2 cm³/mol. The van der Waals surface area contributed by atoms with Gasteiger partial charge in [-0.25, -0.2) is 0 Å². The Bertz CT molecular complexity index is 752. The average Bonchev–Trinajstić information content (AvgIpc) is 3.00. The zero-order chi connectivity index (χ0) is 14.7. The first kappa shape index (κ1) is 13.1. The lowest BCUT2D eigenvalue weighted by atomic mass is 10.0. The van der Waals surface area contributed by atoms with Crippen molar-refractivity contribution in [3.8, 4) is 11.8 Å². The first-order valence-corrected chi connectivity index (χ1v) is 6.74. The molecule has 1 aliphatic heterocycles. The topological polar surface area (TPSA) is 50.1 Å². The van der Waals surface area contributed by atoms with Crippen LogP contribution in [0.5, 0.6) is 5.75 Å². The van der Waals surface area contributed by atoms with Crippen LogP contribution in [-0.2, 0) is 6.42 Å². The number of hydrogen-bond donors (Lipinski definition) is 0. The van der Waals surface area contributed by atoms with Crippen LogP contribution in [0.1, 0.15) is 27.0 Å². The molecule has 0 fully saturated rings. The normalized spacial score (nSPS) is 12.7. The fourth-order valence-corrected chi connectivity index (χ4v) is 2.28. The first-order chi connectivity index (χ1) is 10.3. The van der Waals surface area contributed by atoms with Crippen molar-refractivity contribution < 1.29 is 9.53 Å². The maximum Gasteiger partial charge on any atom is 0.185 e. The number of benzene rings is 2. The van der Waals surface area contributed by atoms with E-state index in [1.807, 2.05) is 24.3 Å². The van der Waals surface area contributed by atoms with Crippen molar-refractivity contribution in [2.45, 2.75) is 6.42 Å². The molecule has 0 spiro atoms. The van der Waals surface area contributed by atoms with Gasteiger partial charge in [0.05, 0.1) is 18.2 Å². The van der Waals surface area contributed by atoms with Crippen molar-refractivity contribution in [3.05, 3.63) is 70.8 Å². The summed E-state index contributed by atoms with van der Waals surface area (Å²) in [4.78, 5) is 12.2. The molecule has 0 saturated carbocycles. The zero-order valence-corrected chi connectivity index (χ0v) is 11.4. The van der Waals surface area contributed by atoms with E-state index < -0.39 is 0 Å². The van der Waals surface area contributed by atoms with Crippen LogP contribution in [0.4, 0.5) is 0 Å². The van der Waals surface area contributed by atoms with Crippen LogP contribution in [0.3, 0.4) is 0 Å². The van der Waals surface area contributed by atoms with E-state index in [4.69, 9.17) is 10.00 Å². The molecule has 0 radical (unpaired) electrons. The molecule has 1 heterocycles. The summed E-state index contributed by atoms with van der Waals surface area (Å²) in [7, 11) is 0. The van der Waals surface area contributed by atoms with Crippen molar-refractivity contribution in [2.75, 3.05) is 6.61 Å². The first-order valence-electron chi connectivity index (χ1n) is 6.74. The number of allylic oxidation sites excluding steroid dienone is 1. The van der Waals surface area contributed by atoms with Crippen LogP contribution in [0, 0.1) is 11.3 Å². The maximum absolute atomic E-state index is 12.2. The minimum atomic E-state index is -0.0333. The van der Waals surface area contributed by atoms with Crippen molar-refractivity contribution >= 4 is 11.9 Å². The molecule has 3 heteroatoms. The van der Waals surface area contributed by atoms with Crippen LogP contribution in [0.15, 0.2) is 48.5 Å². The largest absolute Gasteiger partial charge is 0.493 e. The van der Waals surface area contributed by atoms with Gasteiger partial charge in [-0.15, -0.1) is 0 Å². The molecule has 1 aliphatic rings. The van der Waals surface area contributed by atoms with Gasteiger partial charge in [-0.05, 0) is 47.5 Å². The van der Waals surface area contributed by atoms with Gasteiger partial charge in [-0.3, -0.25) is 4.79 Å². The molecule has 2 aromatic rings. The van der Waals surface area contributed by atoms with Crippen LogP contribution in [-0.4, -0.2) is 12.4 Å². The van der Waals surface area contributed by atoms with E-state index in [0.717, 1.165) is 23.3 Å². The SMILES string of the molecule is N#Cc1ccc(/C=C/C(=O)c2ccc3c(c2)CCO3)cc1. The number of ether oxygens (including phenoxy) is 1. The van der Waals surface area contributed by atoms with E-state index >= 15 is 0 Å². The number of rotatable bonds is 3. The number of hydrogen-bond acceptors (Lipinski definition) is 3. The van der Waals surface area contributed by atoms with Gasteiger partial charge in [-0.1, -0.05) is 18.2 Å². The highest BCUT2D eigenvalue weighted by atomic mass is 16.5. The maximum atomic E-state index is 12.2. The molecule has 0 saturated heterocycles. The smallest absolute Gasteiger partial charge is 0.185 e. The second kappa shape index (κ2) is 5.64. The van der Waals surface area contributed by atoms with Gasteiger partial charge in [0.15, 0.2) is 5.78 Å². The highest BCUT2D eigenvalue weighted by molar-refractivity contribution is 6.07. The summed E-state index contributed by atoms with van der Waals surface area (Å²) in [6.07, 6.45) is 4.17. The van der Waals surface area contributed by atoms with E-state index in [0.29, 0.717) is 17.7 Å². The molecule has 3 rings (SSSR count). The van der Waals surface area contributed by atoms with E-state index in [-0.39, 0.29) is 5.78 Å². The number of ketones is 1. The molecule has 0 aromatic heterocycles. The highest BCUT2D eigenvalue weighted by Crippen LogP contribution is 2.26. The van der Waals surface area contributed by atoms with Crippen molar-refractivity contribution in [3.63, 3.8) is 0 Å². The summed E-state index contributed by atoms with van der Waals surface area (Å²) in [5, 5.41) is 8.74. The molecule has 0 unspecified atom stereocenters. The molecular weight excluding hydrogens is 262 g/mol.